The van der Waals surface area contributed by atoms with Crippen LogP contribution in [-0.2, 0) is 18.4 Å². The fourth-order valence-electron chi connectivity index (χ4n) is 9.31. The number of aliphatic hydroxyl groups excluding tert-OH is 1. The highest BCUT2D eigenvalue weighted by atomic mass is 31.2. The van der Waals surface area contributed by atoms with E-state index in [1.165, 1.54) is 167 Å². The van der Waals surface area contributed by atoms with Crippen molar-refractivity contribution in [1.29, 1.82) is 0 Å². The summed E-state index contributed by atoms with van der Waals surface area (Å²) in [5.74, 6) is -0.202. The van der Waals surface area contributed by atoms with Crippen LogP contribution in [0.3, 0.4) is 0 Å². The van der Waals surface area contributed by atoms with Crippen molar-refractivity contribution in [2.45, 2.75) is 296 Å². The minimum absolute atomic E-state index is 0.0462. The van der Waals surface area contributed by atoms with Crippen LogP contribution in [0.15, 0.2) is 109 Å². The zero-order valence-corrected chi connectivity index (χ0v) is 53.7. The highest BCUT2D eigenvalue weighted by molar-refractivity contribution is 7.47. The molecule has 8 nitrogen and oxygen atoms in total. The molecule has 0 aromatic carbocycles. The number of hydrogen-bond acceptors (Lipinski definition) is 5. The minimum Gasteiger partial charge on any atom is -0.387 e. The van der Waals surface area contributed by atoms with Gasteiger partial charge in [-0.25, -0.2) is 4.57 Å². The maximum atomic E-state index is 13.0. The van der Waals surface area contributed by atoms with E-state index in [9.17, 15) is 19.4 Å². The van der Waals surface area contributed by atoms with Crippen molar-refractivity contribution in [2.75, 3.05) is 40.9 Å². The molecule has 0 aromatic heterocycles. The molecule has 0 saturated heterocycles. The van der Waals surface area contributed by atoms with Crippen LogP contribution in [0.1, 0.15) is 284 Å². The highest BCUT2D eigenvalue weighted by Crippen LogP contribution is 2.43. The summed E-state index contributed by atoms with van der Waals surface area (Å²) in [6, 6.07) is -0.884. The predicted molar refractivity (Wildman–Crippen MR) is 350 cm³/mol. The van der Waals surface area contributed by atoms with Gasteiger partial charge in [-0.1, -0.05) is 290 Å². The Labute approximate surface area is 495 Å². The molecule has 3 unspecified atom stereocenters. The number of aliphatic hydroxyl groups is 1. The third-order valence-corrected chi connectivity index (χ3v) is 15.4. The highest BCUT2D eigenvalue weighted by Gasteiger charge is 2.27. The van der Waals surface area contributed by atoms with Crippen molar-refractivity contribution >= 4 is 13.7 Å². The van der Waals surface area contributed by atoms with Crippen LogP contribution in [0.2, 0.25) is 0 Å². The Balaban J connectivity index is 4.22. The Hall–Kier alpha value is -2.84. The predicted octanol–water partition coefficient (Wildman–Crippen LogP) is 21.1. The van der Waals surface area contributed by atoms with Crippen LogP contribution in [0.5, 0.6) is 0 Å². The molecule has 0 heterocycles. The van der Waals surface area contributed by atoms with Gasteiger partial charge in [0.25, 0.3) is 0 Å². The summed E-state index contributed by atoms with van der Waals surface area (Å²) < 4.78 is 23.8. The summed E-state index contributed by atoms with van der Waals surface area (Å²) in [5.41, 5.74) is 0. The molecule has 0 saturated carbocycles. The van der Waals surface area contributed by atoms with Crippen LogP contribution >= 0.6 is 7.82 Å². The molecule has 0 aromatic rings. The standard InChI is InChI=1S/C71H127N2O6P/c1-6-8-10-12-14-16-18-20-22-24-26-28-30-32-34-35-36-37-39-40-42-44-46-48-50-52-54-56-58-60-62-64-70(74)69(68-79-80(76,77)78-67-66-73(3,4)5)72-71(75)65-63-61-59-57-55-53-51-49-47-45-43-41-38-33-31-29-27-25-23-21-19-17-15-13-11-9-7-2/h9,11,15,17,21,23,27,29,33,38,43,45-46,48,54,56,62,64,69-70,74H,6-8,10,12-14,16,18-20,22,24-26,28,30-32,34-37,39-42,44,47,49-53,55,57-61,63,65-68H2,1-5H3,(H-,72,75,76,77)/p+1/b11-9-,17-15-,23-21-,29-27-,38-33-,45-43-,48-46+,56-54+,64-62+. The van der Waals surface area contributed by atoms with E-state index in [0.717, 1.165) is 96.3 Å². The van der Waals surface area contributed by atoms with Gasteiger partial charge in [0, 0.05) is 6.42 Å². The summed E-state index contributed by atoms with van der Waals surface area (Å²) >= 11 is 0. The van der Waals surface area contributed by atoms with Gasteiger partial charge in [0.2, 0.25) is 5.91 Å². The molecule has 9 heteroatoms. The molecule has 0 bridgehead atoms. The maximum Gasteiger partial charge on any atom is 0.472 e. The number of rotatable bonds is 60. The van der Waals surface area contributed by atoms with Crippen LogP contribution in [-0.4, -0.2) is 73.4 Å². The molecular weight excluding hydrogens is 1010 g/mol. The van der Waals surface area contributed by atoms with Crippen molar-refractivity contribution in [3.8, 4) is 0 Å². The summed E-state index contributed by atoms with van der Waals surface area (Å²) in [5, 5.41) is 14.0. The fourth-order valence-corrected chi connectivity index (χ4v) is 10.1. The summed E-state index contributed by atoms with van der Waals surface area (Å²) in [6.45, 7) is 4.68. The first-order valence-corrected chi connectivity index (χ1v) is 34.8. The lowest BCUT2D eigenvalue weighted by molar-refractivity contribution is -0.870. The zero-order valence-electron chi connectivity index (χ0n) is 52.8. The second-order valence-electron chi connectivity index (χ2n) is 23.4. The Morgan fingerprint density at radius 1 is 0.438 bits per heavy atom. The lowest BCUT2D eigenvalue weighted by atomic mass is 10.0. The van der Waals surface area contributed by atoms with E-state index in [4.69, 9.17) is 9.05 Å². The molecule has 0 aliphatic heterocycles. The van der Waals surface area contributed by atoms with E-state index >= 15 is 0 Å². The number of phosphoric ester groups is 1. The average Bonchev–Trinajstić information content (AvgIpc) is 3.42. The van der Waals surface area contributed by atoms with Gasteiger partial charge in [0.05, 0.1) is 39.9 Å². The minimum atomic E-state index is -4.38. The number of hydrogen-bond donors (Lipinski definition) is 3. The molecule has 1 amide bonds. The van der Waals surface area contributed by atoms with Gasteiger partial charge in [0.1, 0.15) is 13.2 Å². The first kappa shape index (κ1) is 77.2. The molecule has 0 spiro atoms. The number of amides is 1. The van der Waals surface area contributed by atoms with Gasteiger partial charge in [-0.2, -0.15) is 0 Å². The third-order valence-electron chi connectivity index (χ3n) is 14.5. The molecule has 0 aliphatic carbocycles. The van der Waals surface area contributed by atoms with Crippen molar-refractivity contribution in [3.63, 3.8) is 0 Å². The monoisotopic (exact) mass is 1140 g/mol. The van der Waals surface area contributed by atoms with Gasteiger partial charge < -0.3 is 19.8 Å². The Morgan fingerprint density at radius 2 is 0.762 bits per heavy atom. The van der Waals surface area contributed by atoms with E-state index in [-0.39, 0.29) is 19.1 Å². The Kier molecular flexibility index (Phi) is 58.6. The fraction of sp³-hybridized carbons (Fsp3) is 0.732. The number of carbonyl (C=O) groups is 1. The van der Waals surface area contributed by atoms with Crippen molar-refractivity contribution < 1.29 is 32.9 Å². The van der Waals surface area contributed by atoms with Gasteiger partial charge in [-0.3, -0.25) is 13.8 Å². The number of carbonyl (C=O) groups excluding carboxylic acids is 1. The zero-order chi connectivity index (χ0) is 58.4. The molecular formula is C71H128N2O6P+. The van der Waals surface area contributed by atoms with Crippen LogP contribution in [0.4, 0.5) is 0 Å². The summed E-state index contributed by atoms with van der Waals surface area (Å²) in [7, 11) is 1.53. The Morgan fingerprint density at radius 3 is 1.15 bits per heavy atom. The number of nitrogens with one attached hydrogen (secondary N) is 1. The van der Waals surface area contributed by atoms with Crippen LogP contribution < -0.4 is 5.32 Å². The second kappa shape index (κ2) is 60.7. The van der Waals surface area contributed by atoms with Crippen LogP contribution in [0, 0.1) is 0 Å². The van der Waals surface area contributed by atoms with E-state index < -0.39 is 20.0 Å². The topological polar surface area (TPSA) is 105 Å². The molecule has 0 rings (SSSR count). The third kappa shape index (κ3) is 62.8. The summed E-state index contributed by atoms with van der Waals surface area (Å²) in [6.07, 6.45) is 89.4. The first-order valence-electron chi connectivity index (χ1n) is 33.3. The van der Waals surface area contributed by atoms with Crippen molar-refractivity contribution in [1.82, 2.24) is 5.32 Å². The number of quaternary nitrogens is 1. The van der Waals surface area contributed by atoms with Gasteiger partial charge in [-0.05, 0) is 96.3 Å². The number of phosphoric acid groups is 1. The molecule has 3 atom stereocenters. The Bertz CT molecular complexity index is 1670. The van der Waals surface area contributed by atoms with Gasteiger partial charge in [0.15, 0.2) is 0 Å². The lowest BCUT2D eigenvalue weighted by Crippen LogP contribution is -2.45. The smallest absolute Gasteiger partial charge is 0.387 e. The SMILES string of the molecule is CC/C=C\C/C=C\C/C=C\C/C=C\C/C=C\C/C=C\CCCCCCCCCCC(=O)NC(COP(=O)(O)OCC[N+](C)(C)C)C(O)/C=C/CC/C=C/CC/C=C/CCCCCCCCCCCCCCCCCCCCCCC. The summed E-state index contributed by atoms with van der Waals surface area (Å²) in [4.78, 5) is 23.4. The van der Waals surface area contributed by atoms with Crippen molar-refractivity contribution in [2.24, 2.45) is 0 Å². The quantitative estimate of drug-likeness (QED) is 0.0243. The second-order valence-corrected chi connectivity index (χ2v) is 24.9. The molecule has 0 aliphatic rings. The molecule has 0 radical (unpaired) electrons. The molecule has 0 fully saturated rings. The first-order chi connectivity index (χ1) is 39.0. The maximum absolute atomic E-state index is 13.0. The van der Waals surface area contributed by atoms with E-state index in [0.29, 0.717) is 17.4 Å². The van der Waals surface area contributed by atoms with Crippen LogP contribution in [0.25, 0.3) is 0 Å². The number of unbranched alkanes of at least 4 members (excludes halogenated alkanes) is 31. The number of likely N-dealkylation sites (N-methyl/N-ethyl adjacent to an activating group) is 1. The molecule has 80 heavy (non-hydrogen) atoms. The number of allylic oxidation sites excluding steroid dienone is 17. The molecule has 3 N–H and O–H groups in total. The van der Waals surface area contributed by atoms with E-state index in [2.05, 4.69) is 116 Å². The lowest BCUT2D eigenvalue weighted by Gasteiger charge is -2.25. The van der Waals surface area contributed by atoms with Gasteiger partial charge >= 0.3 is 7.82 Å². The molecule has 462 valence electrons. The van der Waals surface area contributed by atoms with Crippen molar-refractivity contribution in [3.05, 3.63) is 109 Å². The van der Waals surface area contributed by atoms with E-state index in [1.807, 2.05) is 27.2 Å². The van der Waals surface area contributed by atoms with E-state index in [1.54, 1.807) is 6.08 Å². The number of nitrogens with zero attached hydrogens (tertiary/aromatic N) is 1. The largest absolute Gasteiger partial charge is 0.472 e. The normalized spacial score (nSPS) is 14.4. The van der Waals surface area contributed by atoms with Gasteiger partial charge in [-0.15, -0.1) is 0 Å². The average molecular weight is 1140 g/mol.